The van der Waals surface area contributed by atoms with Crippen LogP contribution in [0.3, 0.4) is 0 Å². The highest BCUT2D eigenvalue weighted by molar-refractivity contribution is 6.67. The van der Waals surface area contributed by atoms with Crippen molar-refractivity contribution in [1.29, 1.82) is 0 Å². The Labute approximate surface area is 118 Å². The Balaban J connectivity index is 2.66. The normalized spacial score (nSPS) is 16.8. The summed E-state index contributed by atoms with van der Waals surface area (Å²) in [6, 6.07) is 3.64. The fourth-order valence-electron chi connectivity index (χ4n) is 2.84. The van der Waals surface area contributed by atoms with Gasteiger partial charge in [0.1, 0.15) is 0 Å². The van der Waals surface area contributed by atoms with E-state index >= 15 is 0 Å². The van der Waals surface area contributed by atoms with E-state index in [1.54, 1.807) is 6.07 Å². The molecule has 4 heteroatoms. The van der Waals surface area contributed by atoms with Gasteiger partial charge in [0.05, 0.1) is 5.56 Å². The van der Waals surface area contributed by atoms with Crippen LogP contribution < -0.4 is 5.56 Å². The predicted octanol–water partition coefficient (Wildman–Crippen LogP) is 3.64. The third-order valence-electron chi connectivity index (χ3n) is 3.79. The van der Waals surface area contributed by atoms with E-state index in [0.29, 0.717) is 0 Å². The van der Waals surface area contributed by atoms with Crippen molar-refractivity contribution < 1.29 is 4.79 Å². The minimum Gasteiger partial charge on any atom is -0.308 e. The molecule has 2 rings (SSSR count). The molecule has 1 aromatic rings. The van der Waals surface area contributed by atoms with Crippen LogP contribution in [0.25, 0.3) is 0 Å². The van der Waals surface area contributed by atoms with E-state index in [-0.39, 0.29) is 22.6 Å². The molecule has 1 aliphatic carbocycles. The molecule has 1 fully saturated rings. The molecule has 0 aromatic carbocycles. The van der Waals surface area contributed by atoms with Gasteiger partial charge >= 0.3 is 0 Å². The van der Waals surface area contributed by atoms with Crippen molar-refractivity contribution >= 4 is 16.8 Å². The van der Waals surface area contributed by atoms with Gasteiger partial charge in [-0.2, -0.15) is 0 Å². The largest absolute Gasteiger partial charge is 0.308 e. The minimum absolute atomic E-state index is 0.0848. The van der Waals surface area contributed by atoms with E-state index in [1.165, 1.54) is 0 Å². The van der Waals surface area contributed by atoms with Crippen LogP contribution in [0.5, 0.6) is 0 Å². The zero-order valence-corrected chi connectivity index (χ0v) is 12.5. The van der Waals surface area contributed by atoms with E-state index in [2.05, 4.69) is 20.8 Å². The van der Waals surface area contributed by atoms with Gasteiger partial charge in [0, 0.05) is 17.2 Å². The second kappa shape index (κ2) is 5.12. The van der Waals surface area contributed by atoms with Gasteiger partial charge in [0.2, 0.25) is 0 Å². The number of hydrogen-bond donors (Lipinski definition) is 0. The lowest BCUT2D eigenvalue weighted by Crippen LogP contribution is -2.34. The molecule has 0 atom stereocenters. The summed E-state index contributed by atoms with van der Waals surface area (Å²) in [5, 5.41) is -0.669. The molecular formula is C15H20ClNO2. The zero-order chi connectivity index (χ0) is 14.2. The number of hydrogen-bond acceptors (Lipinski definition) is 2. The minimum atomic E-state index is -0.669. The predicted molar refractivity (Wildman–Crippen MR) is 77.1 cm³/mol. The lowest BCUT2D eigenvalue weighted by atomic mass is 9.90. The van der Waals surface area contributed by atoms with Crippen LogP contribution in [0.1, 0.15) is 68.5 Å². The molecule has 0 unspecified atom stereocenters. The van der Waals surface area contributed by atoms with Crippen LogP contribution in [0.15, 0.2) is 16.9 Å². The Hall–Kier alpha value is -1.09. The zero-order valence-electron chi connectivity index (χ0n) is 11.7. The van der Waals surface area contributed by atoms with Crippen molar-refractivity contribution in [3.63, 3.8) is 0 Å². The molecule has 0 bridgehead atoms. The number of pyridine rings is 1. The average Bonchev–Trinajstić information content (AvgIpc) is 2.79. The first kappa shape index (κ1) is 14.3. The van der Waals surface area contributed by atoms with E-state index in [1.807, 2.05) is 10.6 Å². The lowest BCUT2D eigenvalue weighted by Gasteiger charge is -2.28. The number of carbonyl (C=O) groups excluding carboxylic acids is 1. The topological polar surface area (TPSA) is 39.1 Å². The Bertz CT molecular complexity index is 548. The Morgan fingerprint density at radius 2 is 1.84 bits per heavy atom. The highest BCUT2D eigenvalue weighted by atomic mass is 35.5. The van der Waals surface area contributed by atoms with Gasteiger partial charge in [-0.25, -0.2) is 0 Å². The fraction of sp³-hybridized carbons (Fsp3) is 0.600. The van der Waals surface area contributed by atoms with Crippen LogP contribution >= 0.6 is 11.6 Å². The Morgan fingerprint density at radius 3 is 2.32 bits per heavy atom. The van der Waals surface area contributed by atoms with Gasteiger partial charge in [-0.1, -0.05) is 33.6 Å². The number of aromatic nitrogens is 1. The lowest BCUT2D eigenvalue weighted by molar-refractivity contribution is 0.107. The summed E-state index contributed by atoms with van der Waals surface area (Å²) in [4.78, 5) is 23.9. The van der Waals surface area contributed by atoms with Gasteiger partial charge in [-0.15, -0.1) is 0 Å². The molecule has 1 aliphatic rings. The third kappa shape index (κ3) is 2.76. The number of halogens is 1. The second-order valence-corrected chi connectivity index (χ2v) is 6.61. The van der Waals surface area contributed by atoms with Crippen LogP contribution in [0.2, 0.25) is 0 Å². The summed E-state index contributed by atoms with van der Waals surface area (Å²) >= 11 is 5.50. The highest BCUT2D eigenvalue weighted by Gasteiger charge is 2.27. The van der Waals surface area contributed by atoms with Gasteiger partial charge in [-0.05, 0) is 36.6 Å². The van der Waals surface area contributed by atoms with Crippen molar-refractivity contribution in [2.45, 2.75) is 57.9 Å². The molecular weight excluding hydrogens is 262 g/mol. The molecule has 104 valence electrons. The molecule has 0 N–H and O–H groups in total. The van der Waals surface area contributed by atoms with E-state index in [0.717, 1.165) is 31.4 Å². The summed E-state index contributed by atoms with van der Waals surface area (Å²) in [7, 11) is 0. The Morgan fingerprint density at radius 1 is 1.26 bits per heavy atom. The van der Waals surface area contributed by atoms with Gasteiger partial charge in [0.15, 0.2) is 0 Å². The van der Waals surface area contributed by atoms with Crippen molar-refractivity contribution in [2.24, 2.45) is 0 Å². The number of nitrogens with zero attached hydrogens (tertiary/aromatic N) is 1. The standard InChI is InChI=1S/C15H20ClNO2/c1-15(2,3)12-9-8-11(13(16)18)14(19)17(12)10-6-4-5-7-10/h8-10H,4-7H2,1-3H3. The average molecular weight is 282 g/mol. The summed E-state index contributed by atoms with van der Waals surface area (Å²) in [6.45, 7) is 6.24. The van der Waals surface area contributed by atoms with Crippen LogP contribution in [0, 0.1) is 0 Å². The van der Waals surface area contributed by atoms with Crippen LogP contribution in [-0.2, 0) is 5.41 Å². The molecule has 0 aliphatic heterocycles. The van der Waals surface area contributed by atoms with Gasteiger partial charge in [0.25, 0.3) is 10.8 Å². The Kier molecular flexibility index (Phi) is 3.86. The smallest absolute Gasteiger partial charge is 0.263 e. The van der Waals surface area contributed by atoms with Crippen LogP contribution in [0.4, 0.5) is 0 Å². The van der Waals surface area contributed by atoms with E-state index < -0.39 is 5.24 Å². The van der Waals surface area contributed by atoms with Crippen molar-refractivity contribution in [3.8, 4) is 0 Å². The first-order chi connectivity index (χ1) is 8.82. The van der Waals surface area contributed by atoms with Gasteiger partial charge in [-0.3, -0.25) is 9.59 Å². The molecule has 19 heavy (non-hydrogen) atoms. The molecule has 3 nitrogen and oxygen atoms in total. The third-order valence-corrected chi connectivity index (χ3v) is 3.99. The molecule has 0 amide bonds. The molecule has 0 spiro atoms. The van der Waals surface area contributed by atoms with Crippen molar-refractivity contribution in [2.75, 3.05) is 0 Å². The van der Waals surface area contributed by atoms with E-state index in [9.17, 15) is 9.59 Å². The maximum Gasteiger partial charge on any atom is 0.263 e. The SMILES string of the molecule is CC(C)(C)c1ccc(C(=O)Cl)c(=O)n1C1CCCC1. The summed E-state index contributed by atoms with van der Waals surface area (Å²) in [6.07, 6.45) is 4.28. The van der Waals surface area contributed by atoms with Gasteiger partial charge < -0.3 is 4.57 Å². The summed E-state index contributed by atoms with van der Waals surface area (Å²) < 4.78 is 1.81. The molecule has 0 radical (unpaired) electrons. The quantitative estimate of drug-likeness (QED) is 0.777. The van der Waals surface area contributed by atoms with Crippen molar-refractivity contribution in [3.05, 3.63) is 33.7 Å². The maximum absolute atomic E-state index is 12.5. The number of rotatable bonds is 2. The molecule has 1 saturated carbocycles. The maximum atomic E-state index is 12.5. The first-order valence-electron chi connectivity index (χ1n) is 6.78. The molecule has 0 saturated heterocycles. The molecule has 1 heterocycles. The summed E-state index contributed by atoms with van der Waals surface area (Å²) in [5.74, 6) is 0. The number of carbonyl (C=O) groups is 1. The van der Waals surface area contributed by atoms with Crippen molar-refractivity contribution in [1.82, 2.24) is 4.57 Å². The highest BCUT2D eigenvalue weighted by Crippen LogP contribution is 2.32. The summed E-state index contributed by atoms with van der Waals surface area (Å²) in [5.41, 5.74) is 0.697. The first-order valence-corrected chi connectivity index (χ1v) is 7.16. The monoisotopic (exact) mass is 281 g/mol. The second-order valence-electron chi connectivity index (χ2n) is 6.27. The molecule has 1 aromatic heterocycles. The van der Waals surface area contributed by atoms with Crippen LogP contribution in [-0.4, -0.2) is 9.81 Å². The fourth-order valence-corrected chi connectivity index (χ4v) is 2.98. The van der Waals surface area contributed by atoms with E-state index in [4.69, 9.17) is 11.6 Å².